The Morgan fingerprint density at radius 2 is 1.03 bits per heavy atom. The molecule has 0 aliphatic rings. The minimum absolute atomic E-state index is 0.933. The molecule has 36 heavy (non-hydrogen) atoms. The van der Waals surface area contributed by atoms with Gasteiger partial charge in [0.05, 0.1) is 23.5 Å². The second kappa shape index (κ2) is 7.19. The van der Waals surface area contributed by atoms with E-state index in [9.17, 15) is 0 Å². The first-order chi connectivity index (χ1) is 17.7. The summed E-state index contributed by atoms with van der Waals surface area (Å²) in [7, 11) is 0. The second-order valence-corrected chi connectivity index (χ2v) is 10.3. The van der Waals surface area contributed by atoms with E-state index in [0.29, 0.717) is 0 Å². The Balaban J connectivity index is 1.36. The molecule has 0 unspecified atom stereocenters. The molecule has 172 valence electrons. The highest BCUT2D eigenvalue weighted by Crippen LogP contribution is 2.39. The van der Waals surface area contributed by atoms with Gasteiger partial charge < -0.3 is 9.97 Å². The zero-order valence-corrected chi connectivity index (χ0v) is 21.0. The lowest BCUT2D eigenvalue weighted by atomic mass is 9.96. The van der Waals surface area contributed by atoms with E-state index in [1.54, 1.807) is 0 Å². The lowest BCUT2D eigenvalue weighted by molar-refractivity contribution is 1.45. The Kier molecular flexibility index (Phi) is 4.01. The number of rotatable bonds is 2. The fourth-order valence-corrected chi connectivity index (χ4v) is 6.58. The van der Waals surface area contributed by atoms with Gasteiger partial charge in [0.25, 0.3) is 0 Å². The average molecular weight is 503 g/mol. The van der Waals surface area contributed by atoms with Crippen LogP contribution in [0.5, 0.6) is 0 Å². The summed E-state index contributed by atoms with van der Waals surface area (Å²) in [5, 5.41) is 4.96. The first-order valence-corrected chi connectivity index (χ1v) is 13.1. The summed E-state index contributed by atoms with van der Waals surface area (Å²) in [5.41, 5.74) is 12.8. The molecule has 0 amide bonds. The van der Waals surface area contributed by atoms with Gasteiger partial charge in [-0.3, -0.25) is 0 Å². The zero-order valence-electron chi connectivity index (χ0n) is 19.4. The number of aromatic amines is 2. The van der Waals surface area contributed by atoms with Gasteiger partial charge in [0.15, 0.2) is 0 Å². The largest absolute Gasteiger partial charge is 0.354 e. The predicted octanol–water partition coefficient (Wildman–Crippen LogP) is 7.76. The van der Waals surface area contributed by atoms with Crippen molar-refractivity contribution in [3.05, 3.63) is 71.8 Å². The SMILES string of the molecule is Cc1c2cc(-c3cccc4nsnc34)[nH]c2cc2c(C)c3cc(-c4cccc5nsnc45)[nH]c3cc12. The molecule has 8 rings (SSSR count). The fraction of sp³-hybridized carbons (Fsp3) is 0.0714. The number of H-pyrrole nitrogens is 2. The van der Waals surface area contributed by atoms with Gasteiger partial charge in [-0.2, -0.15) is 17.5 Å². The van der Waals surface area contributed by atoms with Crippen LogP contribution in [0, 0.1) is 13.8 Å². The second-order valence-electron chi connectivity index (χ2n) is 9.26. The lowest BCUT2D eigenvalue weighted by Crippen LogP contribution is -1.86. The van der Waals surface area contributed by atoms with Crippen molar-refractivity contribution < 1.29 is 0 Å². The van der Waals surface area contributed by atoms with E-state index in [4.69, 9.17) is 0 Å². The van der Waals surface area contributed by atoms with Crippen LogP contribution in [0.1, 0.15) is 11.1 Å². The third-order valence-electron chi connectivity index (χ3n) is 7.33. The standard InChI is InChI=1S/C28H18N6S2/c1-13-17-9-26-20(12-24(30-26)16-6-4-8-22-28(16)34-36-32-22)14(2)18(17)10-25-19(13)11-23(29-25)15-5-3-7-21-27(15)33-35-31-21/h3-12,29-30H,1-2H3. The Morgan fingerprint density at radius 3 is 1.50 bits per heavy atom. The van der Waals surface area contributed by atoms with Crippen LogP contribution in [-0.4, -0.2) is 27.5 Å². The van der Waals surface area contributed by atoms with Crippen LogP contribution >= 0.6 is 23.5 Å². The summed E-state index contributed by atoms with van der Waals surface area (Å²) in [6.07, 6.45) is 0. The predicted molar refractivity (Wildman–Crippen MR) is 150 cm³/mol. The van der Waals surface area contributed by atoms with Crippen LogP contribution in [-0.2, 0) is 0 Å². The topological polar surface area (TPSA) is 83.1 Å². The molecular formula is C28H18N6S2. The van der Waals surface area contributed by atoms with Gasteiger partial charge in [0.1, 0.15) is 22.1 Å². The van der Waals surface area contributed by atoms with Crippen LogP contribution in [0.2, 0.25) is 0 Å². The van der Waals surface area contributed by atoms with Crippen LogP contribution in [0.3, 0.4) is 0 Å². The van der Waals surface area contributed by atoms with E-state index in [0.717, 1.165) is 55.6 Å². The van der Waals surface area contributed by atoms with Crippen molar-refractivity contribution >= 4 is 78.1 Å². The molecular weight excluding hydrogens is 484 g/mol. The highest BCUT2D eigenvalue weighted by atomic mass is 32.1. The molecule has 4 aromatic heterocycles. The van der Waals surface area contributed by atoms with E-state index in [1.165, 1.54) is 56.1 Å². The number of hydrogen-bond acceptors (Lipinski definition) is 6. The van der Waals surface area contributed by atoms with Gasteiger partial charge in [0, 0.05) is 44.3 Å². The van der Waals surface area contributed by atoms with E-state index in [-0.39, 0.29) is 0 Å². The molecule has 4 aromatic carbocycles. The van der Waals surface area contributed by atoms with E-state index in [1.807, 2.05) is 24.3 Å². The molecule has 0 saturated carbocycles. The van der Waals surface area contributed by atoms with Crippen molar-refractivity contribution in [2.24, 2.45) is 0 Å². The summed E-state index contributed by atoms with van der Waals surface area (Å²) in [6, 6.07) is 21.4. The Labute approximate surface area is 213 Å². The molecule has 6 nitrogen and oxygen atoms in total. The van der Waals surface area contributed by atoms with Crippen LogP contribution < -0.4 is 0 Å². The number of benzene rings is 4. The maximum atomic E-state index is 4.53. The highest BCUT2D eigenvalue weighted by Gasteiger charge is 2.17. The molecule has 0 atom stereocenters. The number of aryl methyl sites for hydroxylation is 2. The molecule has 8 aromatic rings. The molecule has 0 radical (unpaired) electrons. The summed E-state index contributed by atoms with van der Waals surface area (Å²) in [5.74, 6) is 0. The molecule has 0 saturated heterocycles. The zero-order chi connectivity index (χ0) is 24.0. The molecule has 0 aliphatic carbocycles. The highest BCUT2D eigenvalue weighted by molar-refractivity contribution is 7.00. The van der Waals surface area contributed by atoms with Crippen molar-refractivity contribution in [1.82, 2.24) is 27.5 Å². The van der Waals surface area contributed by atoms with Crippen LogP contribution in [0.4, 0.5) is 0 Å². The van der Waals surface area contributed by atoms with Crippen molar-refractivity contribution in [2.45, 2.75) is 13.8 Å². The quantitative estimate of drug-likeness (QED) is 0.253. The summed E-state index contributed by atoms with van der Waals surface area (Å²) in [6.45, 7) is 4.42. The van der Waals surface area contributed by atoms with Gasteiger partial charge in [-0.05, 0) is 72.1 Å². The number of nitrogens with zero attached hydrogens (tertiary/aromatic N) is 4. The van der Waals surface area contributed by atoms with E-state index >= 15 is 0 Å². The maximum Gasteiger partial charge on any atom is 0.114 e. The van der Waals surface area contributed by atoms with Gasteiger partial charge in [0.2, 0.25) is 0 Å². The van der Waals surface area contributed by atoms with Gasteiger partial charge >= 0.3 is 0 Å². The third-order valence-corrected chi connectivity index (χ3v) is 8.42. The Hall–Kier alpha value is -4.14. The number of hydrogen-bond donors (Lipinski definition) is 2. The summed E-state index contributed by atoms with van der Waals surface area (Å²) < 4.78 is 17.9. The van der Waals surface area contributed by atoms with Crippen molar-refractivity contribution in [2.75, 3.05) is 0 Å². The van der Waals surface area contributed by atoms with Gasteiger partial charge in [-0.25, -0.2) is 0 Å². The van der Waals surface area contributed by atoms with Crippen LogP contribution in [0.25, 0.3) is 77.2 Å². The molecule has 2 N–H and O–H groups in total. The first kappa shape index (κ1) is 20.1. The number of aromatic nitrogens is 6. The number of fused-ring (bicyclic) bond motifs is 5. The smallest absolute Gasteiger partial charge is 0.114 e. The number of nitrogens with one attached hydrogen (secondary N) is 2. The summed E-state index contributed by atoms with van der Waals surface area (Å²) >= 11 is 2.51. The molecule has 0 bridgehead atoms. The molecule has 0 aliphatic heterocycles. The lowest BCUT2D eigenvalue weighted by Gasteiger charge is -2.08. The molecule has 4 heterocycles. The van der Waals surface area contributed by atoms with Gasteiger partial charge in [-0.15, -0.1) is 0 Å². The van der Waals surface area contributed by atoms with E-state index < -0.39 is 0 Å². The third kappa shape index (κ3) is 2.71. The fourth-order valence-electron chi connectivity index (χ4n) is 5.48. The average Bonchev–Trinajstić information content (AvgIpc) is 3.69. The van der Waals surface area contributed by atoms with Crippen molar-refractivity contribution in [3.63, 3.8) is 0 Å². The van der Waals surface area contributed by atoms with Crippen molar-refractivity contribution in [3.8, 4) is 22.5 Å². The maximum absolute atomic E-state index is 4.53. The molecule has 8 heteroatoms. The Morgan fingerprint density at radius 1 is 0.556 bits per heavy atom. The molecule has 0 spiro atoms. The van der Waals surface area contributed by atoms with E-state index in [2.05, 4.69) is 77.7 Å². The minimum atomic E-state index is 0.933. The minimum Gasteiger partial charge on any atom is -0.354 e. The first-order valence-electron chi connectivity index (χ1n) is 11.7. The normalized spacial score (nSPS) is 12.2. The summed E-state index contributed by atoms with van der Waals surface area (Å²) in [4.78, 5) is 7.33. The van der Waals surface area contributed by atoms with Gasteiger partial charge in [-0.1, -0.05) is 24.3 Å². The van der Waals surface area contributed by atoms with Crippen LogP contribution in [0.15, 0.2) is 60.7 Å². The molecule has 0 fully saturated rings. The monoisotopic (exact) mass is 502 g/mol. The van der Waals surface area contributed by atoms with Crippen molar-refractivity contribution in [1.29, 1.82) is 0 Å². The Bertz CT molecular complexity index is 1990.